The van der Waals surface area contributed by atoms with Crippen LogP contribution in [0.25, 0.3) is 0 Å². The molecule has 1 saturated heterocycles. The number of piperidine rings is 1. The van der Waals surface area contributed by atoms with Crippen LogP contribution in [-0.2, 0) is 17.9 Å². The number of aromatic nitrogens is 4. The molecule has 0 spiro atoms. The van der Waals surface area contributed by atoms with Gasteiger partial charge in [-0.2, -0.15) is 0 Å². The molecule has 0 aromatic carbocycles. The second kappa shape index (κ2) is 8.04. The van der Waals surface area contributed by atoms with Crippen LogP contribution in [0.15, 0.2) is 0 Å². The molecule has 0 saturated carbocycles. The molecule has 0 radical (unpaired) electrons. The molecular formula is C13H24N6O2. The van der Waals surface area contributed by atoms with E-state index in [0.717, 1.165) is 57.8 Å². The maximum Gasteiger partial charge on any atom is 0.317 e. The number of nitrogens with one attached hydrogen (secondary N) is 1. The van der Waals surface area contributed by atoms with E-state index in [4.69, 9.17) is 5.11 Å². The van der Waals surface area contributed by atoms with E-state index in [1.165, 1.54) is 0 Å². The van der Waals surface area contributed by atoms with Gasteiger partial charge in [-0.3, -0.25) is 9.69 Å². The molecule has 21 heavy (non-hydrogen) atoms. The van der Waals surface area contributed by atoms with E-state index in [1.807, 2.05) is 4.68 Å². The Morgan fingerprint density at radius 2 is 2.38 bits per heavy atom. The minimum atomic E-state index is -0.804. The number of aliphatic carboxylic acids is 1. The molecule has 1 fully saturated rings. The Balaban J connectivity index is 1.80. The molecule has 1 aromatic heterocycles. The number of aryl methyl sites for hydroxylation is 1. The highest BCUT2D eigenvalue weighted by Gasteiger charge is 2.21. The van der Waals surface area contributed by atoms with Gasteiger partial charge in [0.15, 0.2) is 5.82 Å². The summed E-state index contributed by atoms with van der Waals surface area (Å²) in [6.45, 7) is 6.52. The maximum atomic E-state index is 10.5. The Labute approximate surface area is 124 Å². The lowest BCUT2D eigenvalue weighted by Gasteiger charge is -2.32. The first kappa shape index (κ1) is 15.8. The quantitative estimate of drug-likeness (QED) is 0.695. The van der Waals surface area contributed by atoms with Gasteiger partial charge in [0.05, 0.1) is 13.1 Å². The highest BCUT2D eigenvalue weighted by molar-refractivity contribution is 5.68. The van der Waals surface area contributed by atoms with Gasteiger partial charge in [-0.15, -0.1) is 5.10 Å². The van der Waals surface area contributed by atoms with Gasteiger partial charge < -0.3 is 10.4 Å². The first-order chi connectivity index (χ1) is 10.2. The molecule has 0 amide bonds. The lowest BCUT2D eigenvalue weighted by atomic mass is 9.98. The summed E-state index contributed by atoms with van der Waals surface area (Å²) < 4.78 is 1.87. The predicted octanol–water partition coefficient (Wildman–Crippen LogP) is -0.0307. The zero-order chi connectivity index (χ0) is 15.1. The average Bonchev–Trinajstić information content (AvgIpc) is 2.87. The number of tetrazole rings is 1. The fraction of sp³-hybridized carbons (Fsp3) is 0.846. The molecule has 1 atom stereocenters. The van der Waals surface area contributed by atoms with Gasteiger partial charge in [-0.05, 0) is 48.7 Å². The third-order valence-electron chi connectivity index (χ3n) is 3.72. The van der Waals surface area contributed by atoms with E-state index >= 15 is 0 Å². The summed E-state index contributed by atoms with van der Waals surface area (Å²) in [5, 5.41) is 23.5. The lowest BCUT2D eigenvalue weighted by molar-refractivity contribution is -0.136. The normalized spacial score (nSPS) is 19.8. The van der Waals surface area contributed by atoms with E-state index < -0.39 is 5.97 Å². The molecular weight excluding hydrogens is 272 g/mol. The van der Waals surface area contributed by atoms with Crippen molar-refractivity contribution in [1.82, 2.24) is 30.4 Å². The van der Waals surface area contributed by atoms with Crippen molar-refractivity contribution in [1.29, 1.82) is 0 Å². The summed E-state index contributed by atoms with van der Waals surface area (Å²) in [7, 11) is 0. The van der Waals surface area contributed by atoms with Crippen LogP contribution < -0.4 is 5.32 Å². The number of likely N-dealkylation sites (tertiary alicyclic amines) is 1. The van der Waals surface area contributed by atoms with Crippen LogP contribution >= 0.6 is 0 Å². The fourth-order valence-electron chi connectivity index (χ4n) is 2.77. The third-order valence-corrected chi connectivity index (χ3v) is 3.72. The van der Waals surface area contributed by atoms with Gasteiger partial charge in [0, 0.05) is 13.1 Å². The summed E-state index contributed by atoms with van der Waals surface area (Å²) in [6, 6.07) is 0. The molecule has 2 heterocycles. The molecule has 8 heteroatoms. The topological polar surface area (TPSA) is 96.2 Å². The lowest BCUT2D eigenvalue weighted by Crippen LogP contribution is -2.40. The molecule has 1 aromatic rings. The Hall–Kier alpha value is -1.54. The van der Waals surface area contributed by atoms with Crippen molar-refractivity contribution < 1.29 is 9.90 Å². The summed E-state index contributed by atoms with van der Waals surface area (Å²) in [6.07, 6.45) is 3.29. The molecule has 0 aliphatic carbocycles. The molecule has 1 aliphatic rings. The summed E-state index contributed by atoms with van der Waals surface area (Å²) >= 11 is 0. The fourth-order valence-corrected chi connectivity index (χ4v) is 2.77. The minimum Gasteiger partial charge on any atom is -0.480 e. The average molecular weight is 296 g/mol. The maximum absolute atomic E-state index is 10.5. The smallest absolute Gasteiger partial charge is 0.317 e. The Bertz CT molecular complexity index is 450. The van der Waals surface area contributed by atoms with Gasteiger partial charge in [-0.1, -0.05) is 6.92 Å². The highest BCUT2D eigenvalue weighted by atomic mass is 16.4. The zero-order valence-electron chi connectivity index (χ0n) is 12.5. The van der Waals surface area contributed by atoms with Crippen molar-refractivity contribution in [3.05, 3.63) is 5.82 Å². The monoisotopic (exact) mass is 296 g/mol. The molecule has 0 bridgehead atoms. The Kier molecular flexibility index (Phi) is 6.06. The predicted molar refractivity (Wildman–Crippen MR) is 76.6 cm³/mol. The Morgan fingerprint density at radius 3 is 3.14 bits per heavy atom. The summed E-state index contributed by atoms with van der Waals surface area (Å²) in [4.78, 5) is 12.9. The molecule has 2 N–H and O–H groups in total. The van der Waals surface area contributed by atoms with Crippen molar-refractivity contribution in [2.45, 2.75) is 39.3 Å². The van der Waals surface area contributed by atoms with Gasteiger partial charge in [0.2, 0.25) is 0 Å². The van der Waals surface area contributed by atoms with Crippen molar-refractivity contribution in [2.24, 2.45) is 5.92 Å². The van der Waals surface area contributed by atoms with Crippen molar-refractivity contribution in [3.63, 3.8) is 0 Å². The van der Waals surface area contributed by atoms with E-state index in [1.54, 1.807) is 0 Å². The van der Waals surface area contributed by atoms with Crippen molar-refractivity contribution >= 4 is 5.97 Å². The van der Waals surface area contributed by atoms with Crippen LogP contribution in [0.4, 0.5) is 0 Å². The van der Waals surface area contributed by atoms with E-state index in [0.29, 0.717) is 5.92 Å². The number of carboxylic acids is 1. The molecule has 1 unspecified atom stereocenters. The number of rotatable bonds is 8. The zero-order valence-corrected chi connectivity index (χ0v) is 12.5. The van der Waals surface area contributed by atoms with Gasteiger partial charge in [0.25, 0.3) is 0 Å². The minimum absolute atomic E-state index is 0.0330. The highest BCUT2D eigenvalue weighted by Crippen LogP contribution is 2.17. The van der Waals surface area contributed by atoms with Crippen LogP contribution in [-0.4, -0.2) is 62.4 Å². The molecule has 1 aliphatic heterocycles. The van der Waals surface area contributed by atoms with E-state index in [-0.39, 0.29) is 6.54 Å². The second-order valence-corrected chi connectivity index (χ2v) is 5.59. The van der Waals surface area contributed by atoms with Gasteiger partial charge in [-0.25, -0.2) is 4.68 Å². The second-order valence-electron chi connectivity index (χ2n) is 5.59. The molecule has 2 rings (SSSR count). The van der Waals surface area contributed by atoms with E-state index in [9.17, 15) is 4.79 Å². The number of nitrogens with zero attached hydrogens (tertiary/aromatic N) is 5. The van der Waals surface area contributed by atoms with Gasteiger partial charge in [0.1, 0.15) is 0 Å². The summed E-state index contributed by atoms with van der Waals surface area (Å²) in [5.41, 5.74) is 0. The SMILES string of the molecule is CCCn1nnnc1CN1CCCC(CNCC(=O)O)C1. The first-order valence-electron chi connectivity index (χ1n) is 7.59. The van der Waals surface area contributed by atoms with Crippen molar-refractivity contribution in [3.8, 4) is 0 Å². The van der Waals surface area contributed by atoms with Crippen LogP contribution in [0.2, 0.25) is 0 Å². The number of carbonyl (C=O) groups is 1. The Morgan fingerprint density at radius 1 is 1.52 bits per heavy atom. The van der Waals surface area contributed by atoms with Gasteiger partial charge >= 0.3 is 5.97 Å². The molecule has 118 valence electrons. The van der Waals surface area contributed by atoms with Crippen LogP contribution in [0.1, 0.15) is 32.0 Å². The van der Waals surface area contributed by atoms with Crippen molar-refractivity contribution in [2.75, 3.05) is 26.2 Å². The summed E-state index contributed by atoms with van der Waals surface area (Å²) in [5.74, 6) is 0.603. The van der Waals surface area contributed by atoms with E-state index in [2.05, 4.69) is 32.7 Å². The number of carboxylic acid groups (broad SMARTS) is 1. The largest absolute Gasteiger partial charge is 0.480 e. The molecule has 8 nitrogen and oxygen atoms in total. The standard InChI is InChI=1S/C13H24N6O2/c1-2-5-19-12(15-16-17-19)10-18-6-3-4-11(9-18)7-14-8-13(20)21/h11,14H,2-10H2,1H3,(H,20,21). The number of hydrogen-bond donors (Lipinski definition) is 2. The van der Waals surface area contributed by atoms with Crippen LogP contribution in [0, 0.1) is 5.92 Å². The van der Waals surface area contributed by atoms with Crippen LogP contribution in [0.3, 0.4) is 0 Å². The third kappa shape index (κ3) is 5.05. The number of hydrogen-bond acceptors (Lipinski definition) is 6. The van der Waals surface area contributed by atoms with Crippen LogP contribution in [0.5, 0.6) is 0 Å². The first-order valence-corrected chi connectivity index (χ1v) is 7.59.